The standard InChI is InChI=1S/C33H44N5O6/c1-7-20-19(6)31(41)37-27(20)14-25-17(4)22(9-10-30(39)40)28(35-25)15-29-23(11-12-33(43)38-44-33)18(5)24(34-29)13-26-16(3)21(8-2)32(42)36-26/h13-15,19-20,25-26,34-35,38,43H,7-12H2,1-6H3,(H,36,42)(H,37,41)(H,39,40)/q-1/b24-13+,27-14-,29-15-/t19-,20-,25?,26?,33-/m1/s1. The number of carbonyl (C=O) groups is 3. The first-order valence-electron chi connectivity index (χ1n) is 15.5. The molecule has 0 saturated carbocycles. The van der Waals surface area contributed by atoms with Crippen LogP contribution in [0.2, 0.25) is 0 Å². The van der Waals surface area contributed by atoms with Crippen LogP contribution < -0.4 is 32.1 Å². The van der Waals surface area contributed by atoms with Crippen molar-refractivity contribution in [2.75, 3.05) is 0 Å². The summed E-state index contributed by atoms with van der Waals surface area (Å²) in [5, 5.41) is 31.2. The third kappa shape index (κ3) is 6.28. The van der Waals surface area contributed by atoms with E-state index in [9.17, 15) is 24.6 Å². The monoisotopic (exact) mass is 606 g/mol. The smallest absolute Gasteiger partial charge is 0.303 e. The molecule has 11 nitrogen and oxygen atoms in total. The van der Waals surface area contributed by atoms with Crippen molar-refractivity contribution in [1.82, 2.24) is 26.4 Å². The number of aliphatic hydroxyl groups is 1. The quantitative estimate of drug-likeness (QED) is 0.147. The van der Waals surface area contributed by atoms with E-state index in [2.05, 4.69) is 39.4 Å². The molecular formula is C33H44N5O6-. The lowest BCUT2D eigenvalue weighted by atomic mass is 9.91. The van der Waals surface area contributed by atoms with Crippen molar-refractivity contribution in [2.45, 2.75) is 98.1 Å². The topological polar surface area (TPSA) is 178 Å². The maximum absolute atomic E-state index is 12.5. The Hall–Kier alpha value is -3.64. The van der Waals surface area contributed by atoms with Gasteiger partial charge in [0.2, 0.25) is 11.8 Å². The van der Waals surface area contributed by atoms with Crippen LogP contribution in [0.25, 0.3) is 12.2 Å². The number of hydrogen-bond donors (Lipinski definition) is 7. The van der Waals surface area contributed by atoms with E-state index in [0.29, 0.717) is 25.7 Å². The van der Waals surface area contributed by atoms with Gasteiger partial charge in [0, 0.05) is 41.3 Å². The molecule has 44 heavy (non-hydrogen) atoms. The van der Waals surface area contributed by atoms with E-state index >= 15 is 0 Å². The fourth-order valence-corrected chi connectivity index (χ4v) is 6.71. The number of aromatic nitrogens is 1. The summed E-state index contributed by atoms with van der Waals surface area (Å²) in [5.74, 6) is -2.25. The average molecular weight is 607 g/mol. The largest absolute Gasteiger partial charge is 0.481 e. The van der Waals surface area contributed by atoms with Gasteiger partial charge < -0.3 is 31.1 Å². The van der Waals surface area contributed by atoms with Gasteiger partial charge in [-0.05, 0) is 62.8 Å². The minimum atomic E-state index is -1.35. The molecule has 1 aromatic rings. The molecule has 0 aliphatic carbocycles. The third-order valence-corrected chi connectivity index (χ3v) is 9.62. The second-order valence-electron chi connectivity index (χ2n) is 12.3. The van der Waals surface area contributed by atoms with E-state index in [1.165, 1.54) is 0 Å². The van der Waals surface area contributed by atoms with E-state index in [1.54, 1.807) is 0 Å². The van der Waals surface area contributed by atoms with E-state index in [1.807, 2.05) is 46.8 Å². The molecular weight excluding hydrogens is 562 g/mol. The number of H-pyrrole nitrogens is 1. The van der Waals surface area contributed by atoms with Crippen LogP contribution in [0.4, 0.5) is 0 Å². The number of allylic oxidation sites excluding steroid dienone is 1. The van der Waals surface area contributed by atoms with Crippen molar-refractivity contribution >= 4 is 29.9 Å². The number of rotatable bonds is 11. The van der Waals surface area contributed by atoms with Gasteiger partial charge in [0.25, 0.3) is 5.91 Å². The van der Waals surface area contributed by atoms with Crippen LogP contribution in [0.5, 0.6) is 0 Å². The number of amides is 2. The summed E-state index contributed by atoms with van der Waals surface area (Å²) in [6.45, 7) is 12.0. The van der Waals surface area contributed by atoms with Crippen LogP contribution in [0.15, 0.2) is 34.1 Å². The van der Waals surface area contributed by atoms with Crippen LogP contribution in [0.3, 0.4) is 0 Å². The fourth-order valence-electron chi connectivity index (χ4n) is 6.71. The van der Waals surface area contributed by atoms with Crippen molar-refractivity contribution in [3.8, 4) is 0 Å². The highest BCUT2D eigenvalue weighted by atomic mass is 16.9. The van der Waals surface area contributed by atoms with Gasteiger partial charge in [-0.2, -0.15) is 0 Å². The number of hydroxylamine groups is 1. The second kappa shape index (κ2) is 12.4. The Balaban J connectivity index is 1.55. The van der Waals surface area contributed by atoms with Crippen LogP contribution in [-0.4, -0.2) is 51.0 Å². The lowest BCUT2D eigenvalue weighted by Crippen LogP contribution is -2.29. The number of carbonyl (C=O) groups excluding carboxylic acids is 2. The van der Waals surface area contributed by atoms with Gasteiger partial charge >= 0.3 is 5.97 Å². The second-order valence-corrected chi connectivity index (χ2v) is 12.3. The normalized spacial score (nSPS) is 30.3. The van der Waals surface area contributed by atoms with Crippen molar-refractivity contribution in [3.05, 3.63) is 61.9 Å². The van der Waals surface area contributed by atoms with Crippen molar-refractivity contribution in [3.63, 3.8) is 0 Å². The highest BCUT2D eigenvalue weighted by molar-refractivity contribution is 5.98. The molecule has 4 aliphatic heterocycles. The maximum atomic E-state index is 12.5. The Kier molecular flexibility index (Phi) is 8.95. The minimum absolute atomic E-state index is 0.0151. The van der Waals surface area contributed by atoms with Crippen molar-refractivity contribution in [2.24, 2.45) is 11.8 Å². The summed E-state index contributed by atoms with van der Waals surface area (Å²) in [6, 6.07) is 0.372. The van der Waals surface area contributed by atoms with Crippen LogP contribution in [-0.2, 0) is 25.6 Å². The number of nitrogens with one attached hydrogen (secondary N) is 5. The summed E-state index contributed by atoms with van der Waals surface area (Å²) in [6.07, 6.45) is 8.76. The van der Waals surface area contributed by atoms with Gasteiger partial charge in [0.15, 0.2) is 0 Å². The van der Waals surface area contributed by atoms with Gasteiger partial charge in [-0.25, -0.2) is 4.84 Å². The third-order valence-electron chi connectivity index (χ3n) is 9.62. The number of carboxylic acids is 1. The van der Waals surface area contributed by atoms with Crippen molar-refractivity contribution in [1.29, 1.82) is 0 Å². The fraction of sp³-hybridized carbons (Fsp3) is 0.515. The summed E-state index contributed by atoms with van der Waals surface area (Å²) in [7, 11) is 0. The first kappa shape index (κ1) is 31.8. The SMILES string of the molecule is CCC1=C(C)C(/C=c2/[nH]/c(=C\[C-]3NC(/C=C4\NC(=O)[C@H](C)[C@H]4CC)C(C)=C3CCC(=O)O)c(CC[C@]3(O)NO3)c2C)NC1=O. The molecule has 1 aromatic heterocycles. The molecule has 0 radical (unpaired) electrons. The highest BCUT2D eigenvalue weighted by Crippen LogP contribution is 2.35. The number of hydrogen-bond acceptors (Lipinski definition) is 7. The Morgan fingerprint density at radius 3 is 2.41 bits per heavy atom. The van der Waals surface area contributed by atoms with E-state index in [0.717, 1.165) is 62.3 Å². The molecule has 11 heteroatoms. The summed E-state index contributed by atoms with van der Waals surface area (Å²) in [5.41, 5.74) is 9.13. The van der Waals surface area contributed by atoms with Gasteiger partial charge in [-0.3, -0.25) is 14.4 Å². The predicted molar refractivity (Wildman–Crippen MR) is 165 cm³/mol. The Bertz CT molecular complexity index is 1580. The van der Waals surface area contributed by atoms with E-state index < -0.39 is 11.9 Å². The first-order valence-corrected chi connectivity index (χ1v) is 15.5. The number of aromatic amines is 1. The van der Waals surface area contributed by atoms with Crippen LogP contribution in [0, 0.1) is 24.8 Å². The van der Waals surface area contributed by atoms with Crippen LogP contribution >= 0.6 is 0 Å². The summed E-state index contributed by atoms with van der Waals surface area (Å²) >= 11 is 0. The molecule has 2 amide bonds. The van der Waals surface area contributed by atoms with E-state index in [4.69, 9.17) is 4.84 Å². The van der Waals surface area contributed by atoms with Gasteiger partial charge in [-0.1, -0.05) is 50.7 Å². The molecule has 2 saturated heterocycles. The molecule has 5 atom stereocenters. The van der Waals surface area contributed by atoms with Gasteiger partial charge in [0.05, 0.1) is 6.04 Å². The zero-order chi connectivity index (χ0) is 31.9. The molecule has 2 unspecified atom stereocenters. The first-order chi connectivity index (χ1) is 20.9. The molecule has 7 N–H and O–H groups in total. The molecule has 5 heterocycles. The Labute approximate surface area is 257 Å². The molecule has 4 aliphatic rings. The molecule has 5 rings (SSSR count). The molecule has 2 fully saturated rings. The van der Waals surface area contributed by atoms with Crippen molar-refractivity contribution < 1.29 is 29.4 Å². The molecule has 0 spiro atoms. The number of carboxylic acid groups (broad SMARTS) is 1. The summed E-state index contributed by atoms with van der Waals surface area (Å²) < 4.78 is 0. The minimum Gasteiger partial charge on any atom is -0.481 e. The highest BCUT2D eigenvalue weighted by Gasteiger charge is 2.42. The van der Waals surface area contributed by atoms with Gasteiger partial charge in [-0.15, -0.1) is 22.7 Å². The number of aliphatic carboxylic acids is 1. The molecule has 0 bridgehead atoms. The zero-order valence-electron chi connectivity index (χ0n) is 26.3. The summed E-state index contributed by atoms with van der Waals surface area (Å²) in [4.78, 5) is 45.0. The van der Waals surface area contributed by atoms with Crippen LogP contribution in [0.1, 0.15) is 77.8 Å². The maximum Gasteiger partial charge on any atom is 0.303 e. The lowest BCUT2D eigenvalue weighted by molar-refractivity contribution is -0.137. The van der Waals surface area contributed by atoms with E-state index in [-0.39, 0.29) is 42.2 Å². The predicted octanol–water partition coefficient (Wildman–Crippen LogP) is 1.58. The zero-order valence-corrected chi connectivity index (χ0v) is 26.3. The molecule has 238 valence electrons. The average Bonchev–Trinajstić information content (AvgIpc) is 3.27. The molecule has 0 aromatic carbocycles. The Morgan fingerprint density at radius 2 is 1.80 bits per heavy atom. The van der Waals surface area contributed by atoms with Gasteiger partial charge in [0.1, 0.15) is 0 Å². The lowest BCUT2D eigenvalue weighted by Gasteiger charge is -2.21. The Morgan fingerprint density at radius 1 is 1.07 bits per heavy atom.